The van der Waals surface area contributed by atoms with Crippen molar-refractivity contribution in [3.63, 3.8) is 0 Å². The molecule has 0 unspecified atom stereocenters. The first-order chi connectivity index (χ1) is 12.4. The highest BCUT2D eigenvalue weighted by Crippen LogP contribution is 2.44. The fourth-order valence-corrected chi connectivity index (χ4v) is 3.00. The zero-order valence-corrected chi connectivity index (χ0v) is 13.0. The van der Waals surface area contributed by atoms with Crippen molar-refractivity contribution in [1.82, 2.24) is 9.97 Å². The van der Waals surface area contributed by atoms with Crippen molar-refractivity contribution in [2.45, 2.75) is 6.18 Å². The van der Waals surface area contributed by atoms with Crippen molar-refractivity contribution >= 4 is 16.6 Å². The minimum atomic E-state index is -4.48. The first-order valence-electron chi connectivity index (χ1n) is 7.45. The fraction of sp³-hybridized carbons (Fsp3) is 0.0526. The summed E-state index contributed by atoms with van der Waals surface area (Å²) in [6.45, 7) is 7.24. The van der Waals surface area contributed by atoms with Crippen molar-refractivity contribution in [3.05, 3.63) is 76.4 Å². The summed E-state index contributed by atoms with van der Waals surface area (Å²) in [5.74, 6) is 0. The van der Waals surface area contributed by atoms with Gasteiger partial charge in [0.25, 0.3) is 5.70 Å². The molecule has 0 amide bonds. The van der Waals surface area contributed by atoms with Gasteiger partial charge in [0.15, 0.2) is 0 Å². The van der Waals surface area contributed by atoms with Crippen LogP contribution < -0.4 is 0 Å². The van der Waals surface area contributed by atoms with Crippen molar-refractivity contribution in [2.24, 2.45) is 0 Å². The third-order valence-corrected chi connectivity index (χ3v) is 4.13. The SMILES string of the molecule is [C-]#[N+]C(C#N)=C1c2ccccc2-c2nc3cc(C(F)(F)F)ccc3nc21. The molecule has 0 spiro atoms. The van der Waals surface area contributed by atoms with Crippen molar-refractivity contribution in [3.8, 4) is 17.3 Å². The zero-order chi connectivity index (χ0) is 18.5. The van der Waals surface area contributed by atoms with Crippen molar-refractivity contribution < 1.29 is 13.2 Å². The molecule has 0 N–H and O–H groups in total. The molecule has 1 aliphatic carbocycles. The largest absolute Gasteiger partial charge is 0.416 e. The monoisotopic (exact) mass is 348 g/mol. The molecule has 0 saturated carbocycles. The highest BCUT2D eigenvalue weighted by atomic mass is 19.4. The molecule has 4 nitrogen and oxygen atoms in total. The number of fused-ring (bicyclic) bond motifs is 4. The predicted octanol–water partition coefficient (Wildman–Crippen LogP) is 4.83. The summed E-state index contributed by atoms with van der Waals surface area (Å²) in [7, 11) is 0. The summed E-state index contributed by atoms with van der Waals surface area (Å²) >= 11 is 0. The highest BCUT2D eigenvalue weighted by Gasteiger charge is 2.32. The molecule has 0 saturated heterocycles. The topological polar surface area (TPSA) is 53.9 Å². The van der Waals surface area contributed by atoms with Crippen LogP contribution in [0.15, 0.2) is 48.2 Å². The van der Waals surface area contributed by atoms with E-state index in [1.807, 2.05) is 6.07 Å². The van der Waals surface area contributed by atoms with E-state index in [1.165, 1.54) is 6.07 Å². The van der Waals surface area contributed by atoms with Gasteiger partial charge in [-0.3, -0.25) is 0 Å². The van der Waals surface area contributed by atoms with Gasteiger partial charge in [-0.1, -0.05) is 24.3 Å². The van der Waals surface area contributed by atoms with E-state index < -0.39 is 11.7 Å². The Bertz CT molecular complexity index is 1180. The molecule has 1 heterocycles. The molecule has 2 aromatic carbocycles. The van der Waals surface area contributed by atoms with Gasteiger partial charge in [0, 0.05) is 11.1 Å². The normalized spacial score (nSPS) is 14.3. The number of nitrogens with zero attached hydrogens (tertiary/aromatic N) is 4. The third-order valence-electron chi connectivity index (χ3n) is 4.13. The van der Waals surface area contributed by atoms with E-state index in [-0.39, 0.29) is 16.7 Å². The molecule has 0 aliphatic heterocycles. The molecule has 0 fully saturated rings. The number of rotatable bonds is 0. The second-order valence-electron chi connectivity index (χ2n) is 5.61. The lowest BCUT2D eigenvalue weighted by Gasteiger charge is -2.08. The van der Waals surface area contributed by atoms with Gasteiger partial charge in [0.05, 0.1) is 40.6 Å². The van der Waals surface area contributed by atoms with Crippen LogP contribution >= 0.6 is 0 Å². The minimum absolute atomic E-state index is 0.107. The van der Waals surface area contributed by atoms with E-state index in [0.717, 1.165) is 12.1 Å². The van der Waals surface area contributed by atoms with Gasteiger partial charge in [-0.25, -0.2) is 20.1 Å². The molecule has 0 bridgehead atoms. The lowest BCUT2D eigenvalue weighted by atomic mass is 10.0. The summed E-state index contributed by atoms with van der Waals surface area (Å²) in [6.07, 6.45) is -4.48. The van der Waals surface area contributed by atoms with Crippen molar-refractivity contribution in [2.75, 3.05) is 0 Å². The number of aromatic nitrogens is 2. The molecule has 1 aromatic heterocycles. The maximum Gasteiger partial charge on any atom is 0.416 e. The quantitative estimate of drug-likeness (QED) is 0.338. The summed E-state index contributed by atoms with van der Waals surface area (Å²) in [6, 6.07) is 12.0. The van der Waals surface area contributed by atoms with Gasteiger partial charge in [-0.2, -0.15) is 13.2 Å². The van der Waals surface area contributed by atoms with Crippen LogP contribution in [0.25, 0.3) is 32.7 Å². The number of allylic oxidation sites excluding steroid dienone is 1. The van der Waals surface area contributed by atoms with E-state index >= 15 is 0 Å². The average molecular weight is 348 g/mol. The van der Waals surface area contributed by atoms with E-state index in [2.05, 4.69) is 14.8 Å². The molecule has 26 heavy (non-hydrogen) atoms. The van der Waals surface area contributed by atoms with E-state index in [1.54, 1.807) is 24.3 Å². The maximum absolute atomic E-state index is 13.0. The third kappa shape index (κ3) is 2.22. The van der Waals surface area contributed by atoms with Gasteiger partial charge in [-0.15, -0.1) is 0 Å². The summed E-state index contributed by atoms with van der Waals surface area (Å²) < 4.78 is 38.9. The van der Waals surface area contributed by atoms with Crippen LogP contribution in [0.3, 0.4) is 0 Å². The first kappa shape index (κ1) is 15.8. The molecule has 124 valence electrons. The molecule has 3 aromatic rings. The molecule has 4 rings (SSSR count). The van der Waals surface area contributed by atoms with Crippen LogP contribution in [-0.4, -0.2) is 9.97 Å². The van der Waals surface area contributed by atoms with Crippen LogP contribution in [0, 0.1) is 17.9 Å². The Balaban J connectivity index is 2.08. The smallest absolute Gasteiger partial charge is 0.245 e. The minimum Gasteiger partial charge on any atom is -0.245 e. The standard InChI is InChI=1S/C19H7F3N4/c1-24-15(9-23)16-11-4-2-3-5-12(11)17-18(16)25-13-7-6-10(19(20,21)22)8-14(13)26-17/h2-8H. The van der Waals surface area contributed by atoms with Crippen LogP contribution in [0.4, 0.5) is 13.2 Å². The molecular weight excluding hydrogens is 341 g/mol. The Morgan fingerprint density at radius 3 is 2.35 bits per heavy atom. The lowest BCUT2D eigenvalue weighted by Crippen LogP contribution is -2.05. The number of benzene rings is 2. The Morgan fingerprint density at radius 1 is 1.00 bits per heavy atom. The van der Waals surface area contributed by atoms with Gasteiger partial charge in [-0.05, 0) is 23.8 Å². The van der Waals surface area contributed by atoms with Crippen molar-refractivity contribution in [1.29, 1.82) is 5.26 Å². The zero-order valence-electron chi connectivity index (χ0n) is 13.0. The Morgan fingerprint density at radius 2 is 1.69 bits per heavy atom. The van der Waals surface area contributed by atoms with E-state index in [9.17, 15) is 18.4 Å². The number of alkyl halides is 3. The number of hydrogen-bond acceptors (Lipinski definition) is 3. The van der Waals surface area contributed by atoms with Gasteiger partial charge in [0.2, 0.25) is 0 Å². The molecule has 0 radical (unpaired) electrons. The molecule has 1 aliphatic rings. The lowest BCUT2D eigenvalue weighted by molar-refractivity contribution is -0.137. The summed E-state index contributed by atoms with van der Waals surface area (Å²) in [5.41, 5.74) is 1.78. The number of nitriles is 1. The summed E-state index contributed by atoms with van der Waals surface area (Å²) in [5, 5.41) is 9.28. The Hall–Kier alpha value is -3.71. The van der Waals surface area contributed by atoms with Crippen LogP contribution in [0.5, 0.6) is 0 Å². The van der Waals surface area contributed by atoms with E-state index in [4.69, 9.17) is 6.57 Å². The summed E-state index contributed by atoms with van der Waals surface area (Å²) in [4.78, 5) is 12.0. The number of hydrogen-bond donors (Lipinski definition) is 0. The highest BCUT2D eigenvalue weighted by molar-refractivity contribution is 6.02. The van der Waals surface area contributed by atoms with Crippen LogP contribution in [0.2, 0.25) is 0 Å². The molecule has 0 atom stereocenters. The predicted molar refractivity (Wildman–Crippen MR) is 88.2 cm³/mol. The van der Waals surface area contributed by atoms with Gasteiger partial charge in [0.1, 0.15) is 0 Å². The second kappa shape index (κ2) is 5.40. The first-order valence-corrected chi connectivity index (χ1v) is 7.45. The fourth-order valence-electron chi connectivity index (χ4n) is 3.00. The van der Waals surface area contributed by atoms with Gasteiger partial charge >= 0.3 is 6.18 Å². The average Bonchev–Trinajstić information content (AvgIpc) is 2.94. The Labute approximate surface area is 145 Å². The molecule has 7 heteroatoms. The maximum atomic E-state index is 13.0. The Kier molecular flexibility index (Phi) is 3.28. The molecular formula is C19H7F3N4. The van der Waals surface area contributed by atoms with Crippen LogP contribution in [0.1, 0.15) is 16.8 Å². The van der Waals surface area contributed by atoms with Gasteiger partial charge < -0.3 is 0 Å². The van der Waals surface area contributed by atoms with E-state index in [0.29, 0.717) is 28.1 Å². The second-order valence-corrected chi connectivity index (χ2v) is 5.61. The number of halogens is 3. The van der Waals surface area contributed by atoms with Crippen LogP contribution in [-0.2, 0) is 6.18 Å².